The molecule has 5 aromatic rings. The second kappa shape index (κ2) is 8.22. The Balaban J connectivity index is 1.18. The Kier molecular flexibility index (Phi) is 5.22. The largest absolute Gasteiger partial charge is 0.358 e. The molecule has 0 spiro atoms. The smallest absolute Gasteiger partial charge is 0.220 e. The SMILES string of the molecule is Cc1cc(C)c2c3ccccc3n(CCNC(=O)C[C@@H]3[C@@H](c4c(C)[nH]c5ccccc45)C3(C)C)c2n1. The van der Waals surface area contributed by atoms with Crippen LogP contribution in [0.15, 0.2) is 54.6 Å². The number of para-hydroxylation sites is 2. The first kappa shape index (κ1) is 22.8. The first-order valence-corrected chi connectivity index (χ1v) is 13.0. The lowest BCUT2D eigenvalue weighted by molar-refractivity contribution is -0.121. The molecular weight excluding hydrogens is 444 g/mol. The molecule has 6 rings (SSSR count). The van der Waals surface area contributed by atoms with E-state index in [0.717, 1.165) is 11.3 Å². The zero-order chi connectivity index (χ0) is 25.2. The Hall–Kier alpha value is -3.60. The van der Waals surface area contributed by atoms with Crippen LogP contribution < -0.4 is 5.32 Å². The maximum atomic E-state index is 13.1. The summed E-state index contributed by atoms with van der Waals surface area (Å²) in [5.41, 5.74) is 8.33. The molecule has 184 valence electrons. The van der Waals surface area contributed by atoms with Crippen molar-refractivity contribution < 1.29 is 4.79 Å². The van der Waals surface area contributed by atoms with Gasteiger partial charge in [0.25, 0.3) is 0 Å². The van der Waals surface area contributed by atoms with Crippen molar-refractivity contribution in [1.82, 2.24) is 19.9 Å². The predicted molar refractivity (Wildman–Crippen MR) is 147 cm³/mol. The molecule has 36 heavy (non-hydrogen) atoms. The number of amides is 1. The van der Waals surface area contributed by atoms with Gasteiger partial charge >= 0.3 is 0 Å². The minimum absolute atomic E-state index is 0.110. The molecule has 2 atom stereocenters. The van der Waals surface area contributed by atoms with Gasteiger partial charge in [0.05, 0.1) is 5.52 Å². The highest BCUT2D eigenvalue weighted by Crippen LogP contribution is 2.67. The molecule has 5 heteroatoms. The monoisotopic (exact) mass is 478 g/mol. The number of pyridine rings is 1. The van der Waals surface area contributed by atoms with Gasteiger partial charge in [-0.1, -0.05) is 50.2 Å². The van der Waals surface area contributed by atoms with Gasteiger partial charge in [-0.3, -0.25) is 4.79 Å². The van der Waals surface area contributed by atoms with Crippen molar-refractivity contribution in [3.8, 4) is 0 Å². The number of aromatic amines is 1. The van der Waals surface area contributed by atoms with Crippen LogP contribution in [0.25, 0.3) is 32.8 Å². The number of hydrogen-bond acceptors (Lipinski definition) is 2. The molecule has 0 bridgehead atoms. The quantitative estimate of drug-likeness (QED) is 0.291. The van der Waals surface area contributed by atoms with Crippen LogP contribution in [-0.4, -0.2) is 27.0 Å². The predicted octanol–water partition coefficient (Wildman–Crippen LogP) is 6.54. The Bertz CT molecular complexity index is 1640. The molecule has 1 fully saturated rings. The summed E-state index contributed by atoms with van der Waals surface area (Å²) in [6.07, 6.45) is 0.556. The van der Waals surface area contributed by atoms with E-state index in [1.165, 1.54) is 44.0 Å². The number of carbonyl (C=O) groups is 1. The molecule has 0 radical (unpaired) electrons. The third-order valence-corrected chi connectivity index (χ3v) is 8.41. The van der Waals surface area contributed by atoms with Crippen LogP contribution in [0.4, 0.5) is 0 Å². The normalized spacial score (nSPS) is 18.8. The van der Waals surface area contributed by atoms with Crippen molar-refractivity contribution in [3.05, 3.63) is 77.1 Å². The number of aryl methyl sites for hydroxylation is 3. The molecule has 5 nitrogen and oxygen atoms in total. The number of fused-ring (bicyclic) bond motifs is 4. The summed E-state index contributed by atoms with van der Waals surface area (Å²) in [4.78, 5) is 21.5. The van der Waals surface area contributed by atoms with Gasteiger partial charge in [0.1, 0.15) is 5.65 Å². The lowest BCUT2D eigenvalue weighted by atomic mass is 10.0. The Labute approximate surface area is 211 Å². The Morgan fingerprint density at radius 3 is 2.58 bits per heavy atom. The number of aromatic nitrogens is 3. The van der Waals surface area contributed by atoms with E-state index in [1.807, 2.05) is 6.92 Å². The van der Waals surface area contributed by atoms with Gasteiger partial charge < -0.3 is 14.9 Å². The average molecular weight is 479 g/mol. The minimum Gasteiger partial charge on any atom is -0.358 e. The fourth-order valence-electron chi connectivity index (χ4n) is 6.58. The number of nitrogens with zero attached hydrogens (tertiary/aromatic N) is 2. The van der Waals surface area contributed by atoms with Crippen molar-refractivity contribution in [2.45, 2.75) is 53.5 Å². The van der Waals surface area contributed by atoms with Crippen molar-refractivity contribution >= 4 is 38.7 Å². The number of benzene rings is 2. The zero-order valence-corrected chi connectivity index (χ0v) is 21.8. The van der Waals surface area contributed by atoms with Crippen LogP contribution in [0.3, 0.4) is 0 Å². The minimum atomic E-state index is 0.110. The van der Waals surface area contributed by atoms with E-state index in [-0.39, 0.29) is 11.3 Å². The summed E-state index contributed by atoms with van der Waals surface area (Å²) < 4.78 is 2.25. The van der Waals surface area contributed by atoms with Crippen molar-refractivity contribution in [1.29, 1.82) is 0 Å². The standard InChI is InChI=1S/C31H34N4O/c1-18-16-19(2)33-30-27(18)22-11-7-9-13-25(22)35(30)15-14-32-26(36)17-23-29(31(23,4)5)28-20(3)34-24-12-8-6-10-21(24)28/h6-13,16,23,29,34H,14-15,17H2,1-5H3,(H,32,36)/t23-,29+/m1/s1. The van der Waals surface area contributed by atoms with E-state index in [1.54, 1.807) is 0 Å². The molecule has 3 heterocycles. The van der Waals surface area contributed by atoms with Gasteiger partial charge in [-0.2, -0.15) is 0 Å². The number of nitrogens with one attached hydrogen (secondary N) is 2. The summed E-state index contributed by atoms with van der Waals surface area (Å²) >= 11 is 0. The Morgan fingerprint density at radius 2 is 1.78 bits per heavy atom. The van der Waals surface area contributed by atoms with Gasteiger partial charge in [0, 0.05) is 52.6 Å². The lowest BCUT2D eigenvalue weighted by Crippen LogP contribution is -2.27. The van der Waals surface area contributed by atoms with E-state index in [9.17, 15) is 4.79 Å². The third kappa shape index (κ3) is 3.52. The maximum Gasteiger partial charge on any atom is 0.220 e. The van der Waals surface area contributed by atoms with E-state index < -0.39 is 0 Å². The molecule has 1 amide bonds. The second-order valence-corrected chi connectivity index (χ2v) is 11.1. The highest BCUT2D eigenvalue weighted by molar-refractivity contribution is 6.08. The molecule has 2 aromatic carbocycles. The van der Waals surface area contributed by atoms with Crippen LogP contribution in [-0.2, 0) is 11.3 Å². The van der Waals surface area contributed by atoms with Crippen LogP contribution in [0.2, 0.25) is 0 Å². The maximum absolute atomic E-state index is 13.1. The summed E-state index contributed by atoms with van der Waals surface area (Å²) in [7, 11) is 0. The first-order valence-electron chi connectivity index (χ1n) is 13.0. The van der Waals surface area contributed by atoms with Gasteiger partial charge in [-0.25, -0.2) is 4.98 Å². The molecule has 2 N–H and O–H groups in total. The van der Waals surface area contributed by atoms with Crippen LogP contribution in [0.5, 0.6) is 0 Å². The Morgan fingerprint density at radius 1 is 1.06 bits per heavy atom. The van der Waals surface area contributed by atoms with Crippen LogP contribution in [0, 0.1) is 32.1 Å². The summed E-state index contributed by atoms with van der Waals surface area (Å²) in [5.74, 6) is 0.872. The number of hydrogen-bond donors (Lipinski definition) is 2. The molecule has 1 saturated carbocycles. The highest BCUT2D eigenvalue weighted by atomic mass is 16.1. The van der Waals surface area contributed by atoms with Gasteiger partial charge in [0.15, 0.2) is 0 Å². The molecule has 3 aromatic heterocycles. The first-order chi connectivity index (χ1) is 17.3. The van der Waals surface area contributed by atoms with Crippen LogP contribution in [0.1, 0.15) is 48.7 Å². The molecule has 0 unspecified atom stereocenters. The third-order valence-electron chi connectivity index (χ3n) is 8.41. The fourth-order valence-corrected chi connectivity index (χ4v) is 6.58. The van der Waals surface area contributed by atoms with E-state index >= 15 is 0 Å². The second-order valence-electron chi connectivity index (χ2n) is 11.1. The van der Waals surface area contributed by atoms with Crippen molar-refractivity contribution in [2.24, 2.45) is 11.3 Å². The lowest BCUT2D eigenvalue weighted by Gasteiger charge is -2.10. The van der Waals surface area contributed by atoms with Gasteiger partial charge in [0.2, 0.25) is 5.91 Å². The summed E-state index contributed by atoms with van der Waals surface area (Å²) in [5, 5.41) is 6.93. The molecule has 1 aliphatic carbocycles. The molecular formula is C31H34N4O. The van der Waals surface area contributed by atoms with E-state index in [2.05, 4.69) is 97.2 Å². The fraction of sp³-hybridized carbons (Fsp3) is 0.355. The van der Waals surface area contributed by atoms with E-state index in [0.29, 0.717) is 31.3 Å². The van der Waals surface area contributed by atoms with Gasteiger partial charge in [-0.05, 0) is 67.3 Å². The summed E-state index contributed by atoms with van der Waals surface area (Å²) in [6.45, 7) is 12.2. The number of carbonyl (C=O) groups excluding carboxylic acids is 1. The van der Waals surface area contributed by atoms with Crippen LogP contribution >= 0.6 is 0 Å². The van der Waals surface area contributed by atoms with E-state index in [4.69, 9.17) is 4.98 Å². The van der Waals surface area contributed by atoms with Crippen molar-refractivity contribution in [3.63, 3.8) is 0 Å². The highest BCUT2D eigenvalue weighted by Gasteiger charge is 2.59. The van der Waals surface area contributed by atoms with Crippen molar-refractivity contribution in [2.75, 3.05) is 6.54 Å². The number of rotatable bonds is 6. The molecule has 0 aliphatic heterocycles. The summed E-state index contributed by atoms with van der Waals surface area (Å²) in [6, 6.07) is 19.1. The van der Waals surface area contributed by atoms with Gasteiger partial charge in [-0.15, -0.1) is 0 Å². The number of H-pyrrole nitrogens is 1. The average Bonchev–Trinajstić information content (AvgIpc) is 3.10. The zero-order valence-electron chi connectivity index (χ0n) is 21.8. The topological polar surface area (TPSA) is 62.7 Å². The molecule has 0 saturated heterocycles. The molecule has 1 aliphatic rings.